The molecule has 2 heterocycles. The van der Waals surface area contributed by atoms with Crippen molar-refractivity contribution in [2.45, 2.75) is 37.4 Å². The molecule has 2 aromatic heterocycles. The van der Waals surface area contributed by atoms with Gasteiger partial charge in [-0.25, -0.2) is 15.0 Å². The summed E-state index contributed by atoms with van der Waals surface area (Å²) in [5, 5.41) is 13.4. The number of rotatable bonds is 8. The largest absolute Gasteiger partial charge is 0.497 e. The molecular weight excluding hydrogens is 434 g/mol. The summed E-state index contributed by atoms with van der Waals surface area (Å²) in [6.45, 7) is 0.0252. The summed E-state index contributed by atoms with van der Waals surface area (Å²) < 4.78 is 7.26. The van der Waals surface area contributed by atoms with Gasteiger partial charge < -0.3 is 30.4 Å². The summed E-state index contributed by atoms with van der Waals surface area (Å²) in [6.07, 6.45) is 5.32. The van der Waals surface area contributed by atoms with Crippen molar-refractivity contribution in [3.05, 3.63) is 42.5 Å². The molecule has 2 aliphatic carbocycles. The van der Waals surface area contributed by atoms with Crippen LogP contribution >= 0.6 is 0 Å². The first-order valence-electron chi connectivity index (χ1n) is 11.5. The Morgan fingerprint density at radius 1 is 1.32 bits per heavy atom. The molecule has 2 aliphatic rings. The van der Waals surface area contributed by atoms with Crippen LogP contribution in [-0.4, -0.2) is 70.4 Å². The zero-order valence-electron chi connectivity index (χ0n) is 19.7. The van der Waals surface area contributed by atoms with E-state index >= 15 is 0 Å². The molecular formula is C24H31N7O3. The number of nitrogens with two attached hydrogens (primary N) is 1. The molecule has 0 radical (unpaired) electrons. The lowest BCUT2D eigenvalue weighted by Gasteiger charge is -2.25. The Bertz CT molecular complexity index is 1190. The second-order valence-electron chi connectivity index (χ2n) is 9.64. The van der Waals surface area contributed by atoms with Gasteiger partial charge in [0.15, 0.2) is 17.0 Å². The van der Waals surface area contributed by atoms with E-state index in [1.54, 1.807) is 19.8 Å². The molecule has 10 heteroatoms. The van der Waals surface area contributed by atoms with Crippen LogP contribution < -0.4 is 20.7 Å². The van der Waals surface area contributed by atoms with Crippen molar-refractivity contribution in [1.82, 2.24) is 24.8 Å². The molecule has 1 aromatic carbocycles. The Balaban J connectivity index is 1.32. The summed E-state index contributed by atoms with van der Waals surface area (Å²) in [6, 6.07) is 6.80. The number of benzene rings is 1. The lowest BCUT2D eigenvalue weighted by Crippen LogP contribution is -2.49. The average Bonchev–Trinajstić information content (AvgIpc) is 3.31. The number of nitrogens with one attached hydrogen (secondary N) is 1. The number of hydrogen-bond acceptors (Lipinski definition) is 8. The van der Waals surface area contributed by atoms with Crippen molar-refractivity contribution in [2.24, 2.45) is 17.1 Å². The molecule has 1 amide bonds. The monoisotopic (exact) mass is 465 g/mol. The number of anilines is 1. The van der Waals surface area contributed by atoms with Crippen LogP contribution in [0.25, 0.3) is 11.2 Å². The van der Waals surface area contributed by atoms with Crippen molar-refractivity contribution in [3.63, 3.8) is 0 Å². The molecule has 0 bridgehead atoms. The van der Waals surface area contributed by atoms with Crippen molar-refractivity contribution in [3.8, 4) is 5.75 Å². The Hall–Kier alpha value is -3.24. The molecule has 2 saturated carbocycles. The number of carbonyl (C=O) groups excluding carboxylic acids is 1. The molecule has 34 heavy (non-hydrogen) atoms. The number of aliphatic hydroxyl groups is 1. The minimum absolute atomic E-state index is 0.0252. The maximum absolute atomic E-state index is 13.0. The summed E-state index contributed by atoms with van der Waals surface area (Å²) >= 11 is 0. The Kier molecular flexibility index (Phi) is 5.65. The van der Waals surface area contributed by atoms with Gasteiger partial charge in [0.1, 0.15) is 12.1 Å². The van der Waals surface area contributed by atoms with Crippen molar-refractivity contribution >= 4 is 22.9 Å². The Labute approximate surface area is 198 Å². The predicted molar refractivity (Wildman–Crippen MR) is 128 cm³/mol. The molecule has 0 spiro atoms. The van der Waals surface area contributed by atoms with Gasteiger partial charge in [0.2, 0.25) is 5.91 Å². The zero-order chi connectivity index (χ0) is 24.0. The summed E-state index contributed by atoms with van der Waals surface area (Å²) in [5.74, 6) is 1.57. The van der Waals surface area contributed by atoms with Crippen molar-refractivity contribution in [1.29, 1.82) is 0 Å². The first-order valence-corrected chi connectivity index (χ1v) is 11.5. The maximum atomic E-state index is 13.0. The topological polar surface area (TPSA) is 131 Å². The minimum Gasteiger partial charge on any atom is -0.497 e. The predicted octanol–water partition coefficient (Wildman–Crippen LogP) is 0.899. The second kappa shape index (κ2) is 8.52. The molecule has 5 rings (SSSR count). The number of methoxy groups -OCH3 is 1. The van der Waals surface area contributed by atoms with Crippen LogP contribution in [0.5, 0.6) is 5.75 Å². The van der Waals surface area contributed by atoms with Gasteiger partial charge in [-0.3, -0.25) is 4.79 Å². The van der Waals surface area contributed by atoms with Crippen molar-refractivity contribution in [2.75, 3.05) is 32.7 Å². The van der Waals surface area contributed by atoms with E-state index in [2.05, 4.69) is 24.8 Å². The first kappa shape index (κ1) is 22.5. The first-order chi connectivity index (χ1) is 16.4. The molecule has 3 aromatic rings. The number of aromatic nitrogens is 4. The molecule has 4 N–H and O–H groups in total. The number of carbonyl (C=O) groups is 1. The Morgan fingerprint density at radius 2 is 2.09 bits per heavy atom. The van der Waals surface area contributed by atoms with Gasteiger partial charge in [-0.1, -0.05) is 12.1 Å². The van der Waals surface area contributed by atoms with E-state index in [-0.39, 0.29) is 35.9 Å². The van der Waals surface area contributed by atoms with Gasteiger partial charge in [0.05, 0.1) is 26.1 Å². The van der Waals surface area contributed by atoms with Crippen LogP contribution in [0.1, 0.15) is 24.4 Å². The standard InChI is InChI=1S/C24H31N7O3/c1-30(2)21-20-22(27-12-26-21)31(13-28-20)18-9-19(24(11-32)10-16(18)24)29-23(33)17(25)8-14-4-6-15(34-3)7-5-14/h4-7,12-13,16-19,32H,8-11,25H2,1-3H3,(H,29,33)/t16-,17+,18+,19+,24-/m1/s1. The van der Waals surface area contributed by atoms with Crippen LogP contribution in [0.2, 0.25) is 0 Å². The van der Waals surface area contributed by atoms with Gasteiger partial charge in [-0.15, -0.1) is 0 Å². The van der Waals surface area contributed by atoms with Gasteiger partial charge in [-0.2, -0.15) is 0 Å². The van der Waals surface area contributed by atoms with E-state index in [4.69, 9.17) is 10.5 Å². The van der Waals surface area contributed by atoms with Gasteiger partial charge in [0, 0.05) is 31.6 Å². The fraction of sp³-hybridized carbons (Fsp3) is 0.500. The molecule has 0 unspecified atom stereocenters. The highest BCUT2D eigenvalue weighted by Gasteiger charge is 2.67. The highest BCUT2D eigenvalue weighted by molar-refractivity contribution is 5.83. The second-order valence-corrected chi connectivity index (χ2v) is 9.64. The molecule has 180 valence electrons. The summed E-state index contributed by atoms with van der Waals surface area (Å²) in [5.41, 5.74) is 8.41. The van der Waals surface area contributed by atoms with E-state index in [1.807, 2.05) is 43.3 Å². The molecule has 0 saturated heterocycles. The van der Waals surface area contributed by atoms with Crippen LogP contribution in [0.15, 0.2) is 36.9 Å². The van der Waals surface area contributed by atoms with E-state index in [1.165, 1.54) is 0 Å². The third kappa shape index (κ3) is 3.67. The maximum Gasteiger partial charge on any atom is 0.237 e. The Morgan fingerprint density at radius 3 is 2.76 bits per heavy atom. The fourth-order valence-electron chi connectivity index (χ4n) is 5.51. The number of fused-ring (bicyclic) bond motifs is 2. The van der Waals surface area contributed by atoms with Crippen LogP contribution in [0.3, 0.4) is 0 Å². The van der Waals surface area contributed by atoms with Crippen LogP contribution in [-0.2, 0) is 11.2 Å². The summed E-state index contributed by atoms with van der Waals surface area (Å²) in [4.78, 5) is 28.3. The van der Waals surface area contributed by atoms with E-state index in [0.717, 1.165) is 34.7 Å². The third-order valence-electron chi connectivity index (χ3n) is 7.50. The lowest BCUT2D eigenvalue weighted by molar-refractivity contribution is -0.123. The normalized spacial score (nSPS) is 26.2. The molecule has 0 aliphatic heterocycles. The quantitative estimate of drug-likeness (QED) is 0.447. The number of nitrogens with zero attached hydrogens (tertiary/aromatic N) is 5. The van der Waals surface area contributed by atoms with E-state index < -0.39 is 6.04 Å². The molecule has 5 atom stereocenters. The fourth-order valence-corrected chi connectivity index (χ4v) is 5.51. The lowest BCUT2D eigenvalue weighted by atomic mass is 9.97. The SMILES string of the molecule is COc1ccc(C[C@H](N)C(=O)N[C@H]2C[C@H](n3cnc4c(N(C)C)ncnc43)[C@H]3C[C@]23CO)cc1. The number of imidazole rings is 1. The minimum atomic E-state index is -0.676. The molecule has 2 fully saturated rings. The molecule has 10 nitrogen and oxygen atoms in total. The van der Waals surface area contributed by atoms with E-state index in [9.17, 15) is 9.90 Å². The van der Waals surface area contributed by atoms with Gasteiger partial charge >= 0.3 is 0 Å². The van der Waals surface area contributed by atoms with E-state index in [0.29, 0.717) is 12.8 Å². The number of aliphatic hydroxyl groups excluding tert-OH is 1. The highest BCUT2D eigenvalue weighted by atomic mass is 16.5. The van der Waals surface area contributed by atoms with Crippen molar-refractivity contribution < 1.29 is 14.6 Å². The van der Waals surface area contributed by atoms with Gasteiger partial charge in [0.25, 0.3) is 0 Å². The van der Waals surface area contributed by atoms with Gasteiger partial charge in [-0.05, 0) is 42.9 Å². The summed E-state index contributed by atoms with van der Waals surface area (Å²) in [7, 11) is 5.47. The smallest absolute Gasteiger partial charge is 0.237 e. The number of hydrogen-bond donors (Lipinski definition) is 3. The zero-order valence-corrected chi connectivity index (χ0v) is 19.7. The highest BCUT2D eigenvalue weighted by Crippen LogP contribution is 2.67. The number of ether oxygens (including phenoxy) is 1. The third-order valence-corrected chi connectivity index (χ3v) is 7.50. The van der Waals surface area contributed by atoms with Crippen LogP contribution in [0.4, 0.5) is 5.82 Å². The average molecular weight is 466 g/mol. The number of amides is 1. The van der Waals surface area contributed by atoms with Crippen LogP contribution in [0, 0.1) is 11.3 Å².